The fraction of sp³-hybridized carbons (Fsp3) is 0.533. The SMILES string of the molecule is C[C@@H](Cc1cccc(C(CCCl)CCCl)c1)C(=O)O. The number of carboxylic acids is 1. The van der Waals surface area contributed by atoms with Crippen molar-refractivity contribution in [3.05, 3.63) is 35.4 Å². The molecule has 2 nitrogen and oxygen atoms in total. The summed E-state index contributed by atoms with van der Waals surface area (Å²) in [5.41, 5.74) is 2.26. The van der Waals surface area contributed by atoms with Gasteiger partial charge in [0.25, 0.3) is 0 Å². The van der Waals surface area contributed by atoms with Crippen molar-refractivity contribution in [1.82, 2.24) is 0 Å². The largest absolute Gasteiger partial charge is 0.481 e. The van der Waals surface area contributed by atoms with E-state index in [-0.39, 0.29) is 5.92 Å². The van der Waals surface area contributed by atoms with Crippen LogP contribution in [0.3, 0.4) is 0 Å². The van der Waals surface area contributed by atoms with Crippen molar-refractivity contribution in [3.8, 4) is 0 Å². The summed E-state index contributed by atoms with van der Waals surface area (Å²) < 4.78 is 0. The lowest BCUT2D eigenvalue weighted by Gasteiger charge is -2.16. The molecule has 0 unspecified atom stereocenters. The van der Waals surface area contributed by atoms with Crippen LogP contribution in [0.15, 0.2) is 24.3 Å². The molecule has 106 valence electrons. The third-order valence-electron chi connectivity index (χ3n) is 3.30. The molecule has 19 heavy (non-hydrogen) atoms. The van der Waals surface area contributed by atoms with Crippen LogP contribution in [0.4, 0.5) is 0 Å². The molecule has 1 rings (SSSR count). The Bertz CT molecular complexity index is 401. The molecule has 0 heterocycles. The van der Waals surface area contributed by atoms with Crippen molar-refractivity contribution in [3.63, 3.8) is 0 Å². The van der Waals surface area contributed by atoms with Crippen LogP contribution in [-0.2, 0) is 11.2 Å². The number of aliphatic carboxylic acids is 1. The Hall–Kier alpha value is -0.730. The van der Waals surface area contributed by atoms with Gasteiger partial charge in [0.05, 0.1) is 5.92 Å². The molecule has 0 saturated carbocycles. The number of hydrogen-bond donors (Lipinski definition) is 1. The fourth-order valence-electron chi connectivity index (χ4n) is 2.16. The van der Waals surface area contributed by atoms with Gasteiger partial charge in [-0.2, -0.15) is 0 Å². The average Bonchev–Trinajstić information content (AvgIpc) is 2.38. The van der Waals surface area contributed by atoms with E-state index in [0.717, 1.165) is 18.4 Å². The molecule has 1 atom stereocenters. The second kappa shape index (κ2) is 8.44. The molecule has 0 aliphatic heterocycles. The van der Waals surface area contributed by atoms with Crippen molar-refractivity contribution in [1.29, 1.82) is 0 Å². The maximum atomic E-state index is 10.9. The summed E-state index contributed by atoms with van der Waals surface area (Å²) in [5.74, 6) is 0.447. The second-order valence-electron chi connectivity index (χ2n) is 4.84. The minimum Gasteiger partial charge on any atom is -0.481 e. The summed E-state index contributed by atoms with van der Waals surface area (Å²) in [7, 11) is 0. The predicted molar refractivity (Wildman–Crippen MR) is 80.4 cm³/mol. The smallest absolute Gasteiger partial charge is 0.306 e. The van der Waals surface area contributed by atoms with E-state index in [4.69, 9.17) is 28.3 Å². The second-order valence-corrected chi connectivity index (χ2v) is 5.60. The quantitative estimate of drug-likeness (QED) is 0.727. The molecule has 0 saturated heterocycles. The first kappa shape index (κ1) is 16.3. The molecule has 0 spiro atoms. The van der Waals surface area contributed by atoms with E-state index in [0.29, 0.717) is 24.1 Å². The summed E-state index contributed by atoms with van der Waals surface area (Å²) in [4.78, 5) is 10.9. The average molecular weight is 303 g/mol. The Morgan fingerprint density at radius 2 is 1.89 bits per heavy atom. The van der Waals surface area contributed by atoms with E-state index < -0.39 is 5.97 Å². The number of hydrogen-bond acceptors (Lipinski definition) is 1. The molecule has 4 heteroatoms. The molecule has 0 aliphatic carbocycles. The van der Waals surface area contributed by atoms with Crippen LogP contribution in [-0.4, -0.2) is 22.8 Å². The maximum Gasteiger partial charge on any atom is 0.306 e. The molecule has 1 aromatic rings. The summed E-state index contributed by atoms with van der Waals surface area (Å²) in [6.45, 7) is 1.73. The topological polar surface area (TPSA) is 37.3 Å². The molecular weight excluding hydrogens is 283 g/mol. The molecule has 0 aromatic heterocycles. The van der Waals surface area contributed by atoms with Crippen LogP contribution in [0.25, 0.3) is 0 Å². The standard InChI is InChI=1S/C15H20Cl2O2/c1-11(15(18)19)9-12-3-2-4-14(10-12)13(5-7-16)6-8-17/h2-4,10-11,13H,5-9H2,1H3,(H,18,19)/t11-/m0/s1. The number of carboxylic acid groups (broad SMARTS) is 1. The third-order valence-corrected chi connectivity index (χ3v) is 3.74. The molecule has 0 bridgehead atoms. The van der Waals surface area contributed by atoms with Crippen LogP contribution < -0.4 is 0 Å². The van der Waals surface area contributed by atoms with E-state index >= 15 is 0 Å². The van der Waals surface area contributed by atoms with Crippen LogP contribution in [0.5, 0.6) is 0 Å². The van der Waals surface area contributed by atoms with Gasteiger partial charge in [-0.25, -0.2) is 0 Å². The van der Waals surface area contributed by atoms with Gasteiger partial charge in [-0.15, -0.1) is 23.2 Å². The summed E-state index contributed by atoms with van der Waals surface area (Å²) in [5, 5.41) is 8.96. The number of carbonyl (C=O) groups is 1. The highest BCUT2D eigenvalue weighted by atomic mass is 35.5. The van der Waals surface area contributed by atoms with Crippen LogP contribution in [0.1, 0.15) is 36.8 Å². The first-order valence-corrected chi connectivity index (χ1v) is 7.59. The molecule has 1 aromatic carbocycles. The van der Waals surface area contributed by atoms with E-state index in [9.17, 15) is 4.79 Å². The van der Waals surface area contributed by atoms with E-state index in [2.05, 4.69) is 12.1 Å². The van der Waals surface area contributed by atoms with Crippen molar-refractivity contribution in [2.45, 2.75) is 32.1 Å². The zero-order chi connectivity index (χ0) is 14.3. The van der Waals surface area contributed by atoms with E-state index in [1.165, 1.54) is 5.56 Å². The van der Waals surface area contributed by atoms with E-state index in [1.807, 2.05) is 12.1 Å². The van der Waals surface area contributed by atoms with Crippen LogP contribution in [0.2, 0.25) is 0 Å². The Kier molecular flexibility index (Phi) is 7.25. The summed E-state index contributed by atoms with van der Waals surface area (Å²) in [6.07, 6.45) is 2.34. The Labute approximate surface area is 124 Å². The highest BCUT2D eigenvalue weighted by Crippen LogP contribution is 2.26. The van der Waals surface area contributed by atoms with Gasteiger partial charge < -0.3 is 5.11 Å². The lowest BCUT2D eigenvalue weighted by Crippen LogP contribution is -2.12. The van der Waals surface area contributed by atoms with Gasteiger partial charge in [-0.1, -0.05) is 31.2 Å². The molecule has 0 fully saturated rings. The first-order chi connectivity index (χ1) is 9.08. The molecule has 1 N–H and O–H groups in total. The minimum absolute atomic E-state index is 0.357. The zero-order valence-corrected chi connectivity index (χ0v) is 12.6. The maximum absolute atomic E-state index is 10.9. The Morgan fingerprint density at radius 1 is 1.26 bits per heavy atom. The van der Waals surface area contributed by atoms with Gasteiger partial charge in [0, 0.05) is 11.8 Å². The molecule has 0 aliphatic rings. The first-order valence-electron chi connectivity index (χ1n) is 6.52. The van der Waals surface area contributed by atoms with E-state index in [1.54, 1.807) is 6.92 Å². The highest BCUT2D eigenvalue weighted by Gasteiger charge is 2.14. The van der Waals surface area contributed by atoms with Crippen LogP contribution >= 0.6 is 23.2 Å². The molecule has 0 radical (unpaired) electrons. The van der Waals surface area contributed by atoms with Gasteiger partial charge in [0.2, 0.25) is 0 Å². The monoisotopic (exact) mass is 302 g/mol. The molecule has 0 amide bonds. The van der Waals surface area contributed by atoms with Crippen LogP contribution in [0, 0.1) is 5.92 Å². The van der Waals surface area contributed by atoms with Gasteiger partial charge >= 0.3 is 5.97 Å². The number of halogens is 2. The highest BCUT2D eigenvalue weighted by molar-refractivity contribution is 6.18. The number of benzene rings is 1. The van der Waals surface area contributed by atoms with Gasteiger partial charge in [0.15, 0.2) is 0 Å². The lowest BCUT2D eigenvalue weighted by atomic mass is 9.91. The Balaban J connectivity index is 2.82. The Morgan fingerprint density at radius 3 is 2.42 bits per heavy atom. The third kappa shape index (κ3) is 5.42. The van der Waals surface area contributed by atoms with Gasteiger partial charge in [-0.05, 0) is 36.3 Å². The van der Waals surface area contributed by atoms with Crippen molar-refractivity contribution < 1.29 is 9.90 Å². The normalized spacial score (nSPS) is 12.6. The van der Waals surface area contributed by atoms with Gasteiger partial charge in [0.1, 0.15) is 0 Å². The number of alkyl halides is 2. The number of rotatable bonds is 8. The summed E-state index contributed by atoms with van der Waals surface area (Å²) >= 11 is 11.7. The zero-order valence-electron chi connectivity index (χ0n) is 11.1. The summed E-state index contributed by atoms with van der Waals surface area (Å²) in [6, 6.07) is 8.11. The molecular formula is C15H20Cl2O2. The predicted octanol–water partition coefficient (Wildman–Crippen LogP) is 4.29. The van der Waals surface area contributed by atoms with Crippen molar-refractivity contribution >= 4 is 29.2 Å². The van der Waals surface area contributed by atoms with Crippen molar-refractivity contribution in [2.75, 3.05) is 11.8 Å². The van der Waals surface area contributed by atoms with Gasteiger partial charge in [-0.3, -0.25) is 4.79 Å². The fourth-order valence-corrected chi connectivity index (χ4v) is 2.68. The minimum atomic E-state index is -0.761. The lowest BCUT2D eigenvalue weighted by molar-refractivity contribution is -0.141. The van der Waals surface area contributed by atoms with Crippen molar-refractivity contribution in [2.24, 2.45) is 5.92 Å².